The lowest BCUT2D eigenvalue weighted by atomic mass is 9.91. The number of benzene rings is 3. The summed E-state index contributed by atoms with van der Waals surface area (Å²) in [4.78, 5) is 29.7. The van der Waals surface area contributed by atoms with Crippen LogP contribution in [0.3, 0.4) is 0 Å². The zero-order valence-electron chi connectivity index (χ0n) is 16.4. The zero-order valence-corrected chi connectivity index (χ0v) is 16.4. The minimum Gasteiger partial charge on any atom is -0.295 e. The van der Waals surface area contributed by atoms with E-state index in [0.717, 1.165) is 11.1 Å². The third kappa shape index (κ3) is 4.51. The number of hydrazine groups is 1. The van der Waals surface area contributed by atoms with E-state index in [-0.39, 0.29) is 17.4 Å². The van der Waals surface area contributed by atoms with Crippen LogP contribution < -0.4 is 10.9 Å². The summed E-state index contributed by atoms with van der Waals surface area (Å²) in [6.45, 7) is 0. The predicted molar refractivity (Wildman–Crippen MR) is 114 cm³/mol. The second kappa shape index (κ2) is 9.04. The van der Waals surface area contributed by atoms with Crippen LogP contribution in [0.15, 0.2) is 97.5 Å². The molecule has 0 radical (unpaired) electrons. The Kier molecular flexibility index (Phi) is 5.84. The molecule has 0 fully saturated rings. The first kappa shape index (κ1) is 20.0. The quantitative estimate of drug-likeness (QED) is 0.490. The van der Waals surface area contributed by atoms with Gasteiger partial charge < -0.3 is 0 Å². The maximum absolute atomic E-state index is 13.2. The van der Waals surface area contributed by atoms with Gasteiger partial charge in [0.25, 0.3) is 5.91 Å². The van der Waals surface area contributed by atoms with Crippen LogP contribution in [0.1, 0.15) is 27.5 Å². The highest BCUT2D eigenvalue weighted by Gasteiger charge is 2.23. The molecule has 1 aromatic heterocycles. The van der Waals surface area contributed by atoms with Crippen LogP contribution in [0.5, 0.6) is 0 Å². The minimum atomic E-state index is -0.593. The Hall–Kier alpha value is -4.26. The van der Waals surface area contributed by atoms with Gasteiger partial charge >= 0.3 is 0 Å². The fraction of sp³-hybridized carbons (Fsp3) is 0.0417. The van der Waals surface area contributed by atoms with Gasteiger partial charge in [-0.05, 0) is 35.4 Å². The lowest BCUT2D eigenvalue weighted by Crippen LogP contribution is -2.44. The van der Waals surface area contributed by atoms with Crippen molar-refractivity contribution in [3.05, 3.63) is 120 Å². The molecule has 1 heterocycles. The molecule has 3 aromatic carbocycles. The molecule has 6 nitrogen and oxygen atoms in total. The number of halogens is 1. The Balaban J connectivity index is 1.52. The first-order valence-electron chi connectivity index (χ1n) is 9.62. The molecular weight excluding hydrogens is 395 g/mol. The van der Waals surface area contributed by atoms with Gasteiger partial charge in [0.2, 0.25) is 5.91 Å². The SMILES string of the molecule is O=C(NNC(=O)C(c1ccccc1)c1ccccc1)c1cncn1-c1ccc(F)cc1. The first-order valence-corrected chi connectivity index (χ1v) is 9.62. The van der Waals surface area contributed by atoms with Gasteiger partial charge in [0.1, 0.15) is 11.5 Å². The zero-order chi connectivity index (χ0) is 21.6. The van der Waals surface area contributed by atoms with Crippen LogP contribution in [0, 0.1) is 5.82 Å². The molecule has 154 valence electrons. The maximum Gasteiger partial charge on any atom is 0.288 e. The fourth-order valence-electron chi connectivity index (χ4n) is 3.31. The van der Waals surface area contributed by atoms with Crippen LogP contribution in [0.2, 0.25) is 0 Å². The van der Waals surface area contributed by atoms with E-state index in [2.05, 4.69) is 15.8 Å². The minimum absolute atomic E-state index is 0.197. The van der Waals surface area contributed by atoms with Crippen LogP contribution in [0.4, 0.5) is 4.39 Å². The summed E-state index contributed by atoms with van der Waals surface area (Å²) in [6, 6.07) is 24.3. The average molecular weight is 414 g/mol. The van der Waals surface area contributed by atoms with Crippen molar-refractivity contribution in [2.24, 2.45) is 0 Å². The normalized spacial score (nSPS) is 10.6. The molecule has 7 heteroatoms. The number of hydrogen-bond donors (Lipinski definition) is 2. The van der Waals surface area contributed by atoms with Gasteiger partial charge in [-0.25, -0.2) is 9.37 Å². The van der Waals surface area contributed by atoms with Crippen molar-refractivity contribution >= 4 is 11.8 Å². The number of rotatable bonds is 5. The van der Waals surface area contributed by atoms with E-state index in [9.17, 15) is 14.0 Å². The number of carbonyl (C=O) groups excluding carboxylic acids is 2. The molecule has 2 amide bonds. The lowest BCUT2D eigenvalue weighted by molar-refractivity contribution is -0.122. The molecule has 0 aliphatic carbocycles. The fourth-order valence-corrected chi connectivity index (χ4v) is 3.31. The van der Waals surface area contributed by atoms with Crippen LogP contribution >= 0.6 is 0 Å². The Morgan fingerprint density at radius 3 is 1.97 bits per heavy atom. The number of nitrogens with zero attached hydrogens (tertiary/aromatic N) is 2. The predicted octanol–water partition coefficient (Wildman–Crippen LogP) is 3.60. The van der Waals surface area contributed by atoms with Crippen LogP contribution in [0.25, 0.3) is 5.69 Å². The van der Waals surface area contributed by atoms with Crippen molar-refractivity contribution in [2.75, 3.05) is 0 Å². The summed E-state index contributed by atoms with van der Waals surface area (Å²) in [6.07, 6.45) is 2.82. The van der Waals surface area contributed by atoms with Crippen molar-refractivity contribution in [1.29, 1.82) is 0 Å². The largest absolute Gasteiger partial charge is 0.295 e. The number of aromatic nitrogens is 2. The van der Waals surface area contributed by atoms with E-state index in [4.69, 9.17) is 0 Å². The van der Waals surface area contributed by atoms with Gasteiger partial charge in [-0.15, -0.1) is 0 Å². The highest BCUT2D eigenvalue weighted by Crippen LogP contribution is 2.24. The molecule has 0 atom stereocenters. The van der Waals surface area contributed by atoms with Crippen molar-refractivity contribution < 1.29 is 14.0 Å². The summed E-state index contributed by atoms with van der Waals surface area (Å²) in [5.74, 6) is -1.90. The van der Waals surface area contributed by atoms with Gasteiger partial charge in [0.05, 0.1) is 18.4 Å². The van der Waals surface area contributed by atoms with Gasteiger partial charge in [-0.3, -0.25) is 25.0 Å². The summed E-state index contributed by atoms with van der Waals surface area (Å²) >= 11 is 0. The van der Waals surface area contributed by atoms with E-state index in [1.165, 1.54) is 41.4 Å². The summed E-state index contributed by atoms with van der Waals surface area (Å²) in [5.41, 5.74) is 7.34. The molecule has 31 heavy (non-hydrogen) atoms. The molecule has 0 aliphatic heterocycles. The van der Waals surface area contributed by atoms with Gasteiger partial charge in [-0.2, -0.15) is 0 Å². The molecule has 0 saturated carbocycles. The van der Waals surface area contributed by atoms with Crippen LogP contribution in [-0.4, -0.2) is 21.4 Å². The van der Waals surface area contributed by atoms with Crippen molar-refractivity contribution in [3.8, 4) is 5.69 Å². The average Bonchev–Trinajstić information content (AvgIpc) is 3.30. The smallest absolute Gasteiger partial charge is 0.288 e. The van der Waals surface area contributed by atoms with E-state index in [1.807, 2.05) is 60.7 Å². The molecule has 0 saturated heterocycles. The molecule has 0 aliphatic rings. The second-order valence-corrected chi connectivity index (χ2v) is 6.82. The first-order chi connectivity index (χ1) is 15.1. The molecule has 4 rings (SSSR count). The maximum atomic E-state index is 13.2. The topological polar surface area (TPSA) is 76.0 Å². The molecule has 2 N–H and O–H groups in total. The molecular formula is C24H19FN4O2. The molecule has 0 unspecified atom stereocenters. The Labute approximate surface area is 178 Å². The van der Waals surface area contributed by atoms with E-state index >= 15 is 0 Å². The Bertz CT molecular complexity index is 1140. The molecule has 0 spiro atoms. The molecule has 0 bridgehead atoms. The summed E-state index contributed by atoms with van der Waals surface area (Å²) in [7, 11) is 0. The van der Waals surface area contributed by atoms with Crippen molar-refractivity contribution in [2.45, 2.75) is 5.92 Å². The van der Waals surface area contributed by atoms with Gasteiger partial charge in [0.15, 0.2) is 0 Å². The molecule has 4 aromatic rings. The number of hydrogen-bond acceptors (Lipinski definition) is 3. The second-order valence-electron chi connectivity index (χ2n) is 6.82. The number of nitrogens with one attached hydrogen (secondary N) is 2. The van der Waals surface area contributed by atoms with E-state index in [1.54, 1.807) is 0 Å². The third-order valence-corrected chi connectivity index (χ3v) is 4.80. The number of imidazole rings is 1. The van der Waals surface area contributed by atoms with Crippen molar-refractivity contribution in [3.63, 3.8) is 0 Å². The van der Waals surface area contributed by atoms with Crippen molar-refractivity contribution in [1.82, 2.24) is 20.4 Å². The van der Waals surface area contributed by atoms with Gasteiger partial charge in [-0.1, -0.05) is 60.7 Å². The van der Waals surface area contributed by atoms with E-state index in [0.29, 0.717) is 5.69 Å². The summed E-state index contributed by atoms with van der Waals surface area (Å²) in [5, 5.41) is 0. The standard InChI is InChI=1S/C24H19FN4O2/c25-19-11-13-20(14-12-19)29-16-26-15-21(29)23(30)27-28-24(31)22(17-7-3-1-4-8-17)18-9-5-2-6-10-18/h1-16,22H,(H,27,30)(H,28,31). The van der Waals surface area contributed by atoms with Crippen LogP contribution in [-0.2, 0) is 4.79 Å². The number of amides is 2. The summed E-state index contributed by atoms with van der Waals surface area (Å²) < 4.78 is 14.7. The Morgan fingerprint density at radius 1 is 0.806 bits per heavy atom. The highest BCUT2D eigenvalue weighted by molar-refractivity contribution is 5.95. The lowest BCUT2D eigenvalue weighted by Gasteiger charge is -2.18. The van der Waals surface area contributed by atoms with E-state index < -0.39 is 11.8 Å². The van der Waals surface area contributed by atoms with Gasteiger partial charge in [0, 0.05) is 5.69 Å². The monoisotopic (exact) mass is 414 g/mol. The third-order valence-electron chi connectivity index (χ3n) is 4.80. The highest BCUT2D eigenvalue weighted by atomic mass is 19.1. The Morgan fingerprint density at radius 2 is 1.39 bits per heavy atom. The number of carbonyl (C=O) groups is 2.